The second-order valence-electron chi connectivity index (χ2n) is 7.03. The number of hydrogen-bond donors (Lipinski definition) is 1. The first kappa shape index (κ1) is 21.2. The maximum atomic E-state index is 13.6. The number of para-hydroxylation sites is 1. The van der Waals surface area contributed by atoms with Crippen molar-refractivity contribution in [2.75, 3.05) is 5.32 Å². The number of anilines is 1. The van der Waals surface area contributed by atoms with Crippen LogP contribution in [-0.4, -0.2) is 25.5 Å². The molecule has 11 heteroatoms. The number of carbonyl (C=O) groups excluding carboxylic acids is 1. The Labute approximate surface area is 193 Å². The lowest BCUT2D eigenvalue weighted by Crippen LogP contribution is -2.11. The fraction of sp³-hybridized carbons (Fsp3) is 0.0455. The van der Waals surface area contributed by atoms with Gasteiger partial charge in [0.15, 0.2) is 5.69 Å². The summed E-state index contributed by atoms with van der Waals surface area (Å²) < 4.78 is 43.6. The molecule has 5 rings (SSSR count). The quantitative estimate of drug-likeness (QED) is 0.328. The Kier molecular flexibility index (Phi) is 5.18. The molecule has 0 aliphatic heterocycles. The van der Waals surface area contributed by atoms with Crippen molar-refractivity contribution >= 4 is 44.7 Å². The molecule has 6 nitrogen and oxygen atoms in total. The molecule has 166 valence electrons. The van der Waals surface area contributed by atoms with E-state index in [4.69, 9.17) is 11.6 Å². The van der Waals surface area contributed by atoms with E-state index in [-0.39, 0.29) is 15.1 Å². The fourth-order valence-corrected chi connectivity index (χ4v) is 4.47. The number of rotatable bonds is 4. The number of thiophene rings is 1. The van der Waals surface area contributed by atoms with Crippen LogP contribution in [0.15, 0.2) is 73.1 Å². The molecular formula is C22H13ClF3N5OS. The van der Waals surface area contributed by atoms with Crippen LogP contribution < -0.4 is 5.32 Å². The minimum atomic E-state index is -4.65. The van der Waals surface area contributed by atoms with Crippen LogP contribution in [0.2, 0.25) is 5.02 Å². The lowest BCUT2D eigenvalue weighted by Gasteiger charge is -2.06. The summed E-state index contributed by atoms with van der Waals surface area (Å²) in [6.07, 6.45) is -1.51. The number of carbonyl (C=O) groups is 1. The molecule has 3 heterocycles. The van der Waals surface area contributed by atoms with Crippen LogP contribution in [0.5, 0.6) is 0 Å². The van der Waals surface area contributed by atoms with Crippen LogP contribution in [0.4, 0.5) is 18.9 Å². The van der Waals surface area contributed by atoms with Crippen molar-refractivity contribution in [3.8, 4) is 11.4 Å². The molecule has 0 saturated heterocycles. The molecule has 0 unspecified atom stereocenters. The number of nitrogens with one attached hydrogen (secondary N) is 1. The summed E-state index contributed by atoms with van der Waals surface area (Å²) in [5.41, 5.74) is 0.666. The lowest BCUT2D eigenvalue weighted by molar-refractivity contribution is -0.140. The smallest absolute Gasteiger partial charge is 0.321 e. The molecule has 0 saturated carbocycles. The Morgan fingerprint density at radius 2 is 1.76 bits per heavy atom. The highest BCUT2D eigenvalue weighted by molar-refractivity contribution is 7.20. The number of hydrogen-bond acceptors (Lipinski definition) is 4. The Balaban J connectivity index is 1.46. The van der Waals surface area contributed by atoms with Gasteiger partial charge in [-0.05, 0) is 42.5 Å². The molecule has 0 fully saturated rings. The van der Waals surface area contributed by atoms with Gasteiger partial charge in [-0.3, -0.25) is 4.79 Å². The molecule has 0 atom stereocenters. The van der Waals surface area contributed by atoms with Gasteiger partial charge in [0.25, 0.3) is 5.91 Å². The lowest BCUT2D eigenvalue weighted by atomic mass is 10.2. The Hall–Kier alpha value is -3.63. The molecule has 3 aromatic heterocycles. The first-order valence-corrected chi connectivity index (χ1v) is 10.8. The predicted octanol–water partition coefficient (Wildman–Crippen LogP) is 6.20. The van der Waals surface area contributed by atoms with E-state index in [1.165, 1.54) is 16.9 Å². The first-order chi connectivity index (χ1) is 15.8. The van der Waals surface area contributed by atoms with Crippen molar-refractivity contribution in [3.05, 3.63) is 88.7 Å². The van der Waals surface area contributed by atoms with Crippen LogP contribution in [0, 0.1) is 0 Å². The highest BCUT2D eigenvalue weighted by atomic mass is 35.5. The van der Waals surface area contributed by atoms with E-state index < -0.39 is 17.8 Å². The van der Waals surface area contributed by atoms with Crippen molar-refractivity contribution in [1.82, 2.24) is 19.6 Å². The minimum Gasteiger partial charge on any atom is -0.321 e. The minimum absolute atomic E-state index is 0.118. The zero-order valence-corrected chi connectivity index (χ0v) is 18.1. The van der Waals surface area contributed by atoms with Crippen molar-refractivity contribution < 1.29 is 18.0 Å². The first-order valence-electron chi connectivity index (χ1n) is 9.57. The summed E-state index contributed by atoms with van der Waals surface area (Å²) in [6.45, 7) is 0. The van der Waals surface area contributed by atoms with E-state index in [2.05, 4.69) is 15.5 Å². The molecule has 0 radical (unpaired) electrons. The highest BCUT2D eigenvalue weighted by Gasteiger charge is 2.38. The highest BCUT2D eigenvalue weighted by Crippen LogP contribution is 2.39. The summed E-state index contributed by atoms with van der Waals surface area (Å²) in [5.74, 6) is -0.515. The van der Waals surface area contributed by atoms with E-state index in [1.807, 2.05) is 0 Å². The Bertz CT molecular complexity index is 1460. The van der Waals surface area contributed by atoms with Crippen molar-refractivity contribution in [3.63, 3.8) is 0 Å². The number of benzene rings is 2. The van der Waals surface area contributed by atoms with Gasteiger partial charge in [0, 0.05) is 17.3 Å². The summed E-state index contributed by atoms with van der Waals surface area (Å²) in [6, 6.07) is 16.5. The van der Waals surface area contributed by atoms with E-state index >= 15 is 0 Å². The molecule has 1 amide bonds. The van der Waals surface area contributed by atoms with E-state index in [9.17, 15) is 18.0 Å². The van der Waals surface area contributed by atoms with Gasteiger partial charge in [0.05, 0.1) is 27.5 Å². The molecule has 33 heavy (non-hydrogen) atoms. The van der Waals surface area contributed by atoms with Gasteiger partial charge in [-0.15, -0.1) is 11.3 Å². The van der Waals surface area contributed by atoms with Crippen molar-refractivity contribution in [1.29, 1.82) is 0 Å². The third kappa shape index (κ3) is 4.10. The Morgan fingerprint density at radius 1 is 1.03 bits per heavy atom. The van der Waals surface area contributed by atoms with Crippen LogP contribution in [0.25, 0.3) is 21.6 Å². The van der Waals surface area contributed by atoms with Crippen LogP contribution in [0.1, 0.15) is 15.4 Å². The normalized spacial score (nSPS) is 11.8. The maximum Gasteiger partial charge on any atom is 0.435 e. The number of fused-ring (bicyclic) bond motifs is 1. The molecule has 0 aliphatic carbocycles. The van der Waals surface area contributed by atoms with Crippen LogP contribution >= 0.6 is 22.9 Å². The third-order valence-corrected chi connectivity index (χ3v) is 6.10. The Morgan fingerprint density at radius 3 is 2.39 bits per heavy atom. The zero-order valence-electron chi connectivity index (χ0n) is 16.5. The van der Waals surface area contributed by atoms with Gasteiger partial charge in [0.1, 0.15) is 4.83 Å². The van der Waals surface area contributed by atoms with Gasteiger partial charge in [-0.25, -0.2) is 9.36 Å². The van der Waals surface area contributed by atoms with Gasteiger partial charge >= 0.3 is 6.18 Å². The summed E-state index contributed by atoms with van der Waals surface area (Å²) in [5, 5.41) is 11.0. The number of alkyl halides is 3. The third-order valence-electron chi connectivity index (χ3n) is 4.79. The molecule has 2 aromatic carbocycles. The average molecular weight is 488 g/mol. The fourth-order valence-electron chi connectivity index (χ4n) is 3.31. The molecule has 5 aromatic rings. The predicted molar refractivity (Wildman–Crippen MR) is 120 cm³/mol. The van der Waals surface area contributed by atoms with E-state index in [0.717, 1.165) is 17.0 Å². The number of amides is 1. The average Bonchev–Trinajstić information content (AvgIpc) is 3.49. The molecule has 0 spiro atoms. The number of halogens is 4. The van der Waals surface area contributed by atoms with E-state index in [0.29, 0.717) is 16.4 Å². The number of aromatic nitrogens is 4. The summed E-state index contributed by atoms with van der Waals surface area (Å²) >= 11 is 6.82. The topological polar surface area (TPSA) is 64.7 Å². The maximum absolute atomic E-state index is 13.6. The SMILES string of the molecule is O=C(Nc1ccc(-n2cc(Cl)cn2)cc1)c1cc2c(C(F)(F)F)nn(-c3ccccc3)c2s1. The summed E-state index contributed by atoms with van der Waals surface area (Å²) in [4.78, 5) is 13.2. The zero-order chi connectivity index (χ0) is 23.2. The second kappa shape index (κ2) is 8.05. The van der Waals surface area contributed by atoms with Gasteiger partial charge in [-0.1, -0.05) is 29.8 Å². The van der Waals surface area contributed by atoms with Crippen LogP contribution in [0.3, 0.4) is 0 Å². The molecule has 1 N–H and O–H groups in total. The monoisotopic (exact) mass is 487 g/mol. The van der Waals surface area contributed by atoms with Crippen LogP contribution in [-0.2, 0) is 6.18 Å². The molecule has 0 aliphatic rings. The molecular weight excluding hydrogens is 475 g/mol. The standard InChI is InChI=1S/C22H13ClF3N5OS/c23-13-11-27-30(12-13)15-8-6-14(7-9-15)28-20(32)18-10-17-19(22(24,25)26)29-31(21(17)33-18)16-4-2-1-3-5-16/h1-12H,(H,28,32). The van der Waals surface area contributed by atoms with Gasteiger partial charge in [-0.2, -0.15) is 23.4 Å². The number of nitrogens with zero attached hydrogens (tertiary/aromatic N) is 4. The molecule has 0 bridgehead atoms. The van der Waals surface area contributed by atoms with Crippen molar-refractivity contribution in [2.24, 2.45) is 0 Å². The largest absolute Gasteiger partial charge is 0.435 e. The summed E-state index contributed by atoms with van der Waals surface area (Å²) in [7, 11) is 0. The van der Waals surface area contributed by atoms with Crippen molar-refractivity contribution in [2.45, 2.75) is 6.18 Å². The van der Waals surface area contributed by atoms with Gasteiger partial charge < -0.3 is 5.32 Å². The van der Waals surface area contributed by atoms with E-state index in [1.54, 1.807) is 65.5 Å². The second-order valence-corrected chi connectivity index (χ2v) is 8.49. The van der Waals surface area contributed by atoms with Gasteiger partial charge in [0.2, 0.25) is 0 Å².